The van der Waals surface area contributed by atoms with E-state index in [4.69, 9.17) is 5.73 Å². The van der Waals surface area contributed by atoms with Gasteiger partial charge in [0.25, 0.3) is 5.91 Å². The van der Waals surface area contributed by atoms with Crippen molar-refractivity contribution >= 4 is 16.9 Å². The minimum Gasteiger partial charge on any atom is -0.364 e. The van der Waals surface area contributed by atoms with Crippen LogP contribution >= 0.6 is 0 Å². The molecule has 5 nitrogen and oxygen atoms in total. The van der Waals surface area contributed by atoms with Gasteiger partial charge in [-0.15, -0.1) is 0 Å². The van der Waals surface area contributed by atoms with Crippen LogP contribution in [0.25, 0.3) is 11.0 Å². The van der Waals surface area contributed by atoms with E-state index in [0.717, 1.165) is 11.1 Å². The molecule has 13 heavy (non-hydrogen) atoms. The maximum Gasteiger partial charge on any atom is 0.265 e. The first-order valence-electron chi connectivity index (χ1n) is 3.78. The molecule has 66 valence electrons. The van der Waals surface area contributed by atoms with Crippen LogP contribution < -0.4 is 5.73 Å². The lowest BCUT2D eigenvalue weighted by Gasteiger charge is -1.90. The normalized spacial score (nSPS) is 10.5. The SMILES string of the molecule is Cc1ncnc2[nH]c(C(N)=O)cc12. The molecule has 0 fully saturated rings. The van der Waals surface area contributed by atoms with Crippen LogP contribution in [-0.2, 0) is 0 Å². The lowest BCUT2D eigenvalue weighted by atomic mass is 10.3. The Morgan fingerprint density at radius 2 is 2.31 bits per heavy atom. The number of amides is 1. The van der Waals surface area contributed by atoms with Gasteiger partial charge in [-0.1, -0.05) is 0 Å². The van der Waals surface area contributed by atoms with Crippen LogP contribution in [0.5, 0.6) is 0 Å². The van der Waals surface area contributed by atoms with Crippen LogP contribution in [-0.4, -0.2) is 20.9 Å². The quantitative estimate of drug-likeness (QED) is 0.658. The summed E-state index contributed by atoms with van der Waals surface area (Å²) in [6.07, 6.45) is 1.44. The summed E-state index contributed by atoms with van der Waals surface area (Å²) in [7, 11) is 0. The predicted molar refractivity (Wildman–Crippen MR) is 47.1 cm³/mol. The summed E-state index contributed by atoms with van der Waals surface area (Å²) < 4.78 is 0. The van der Waals surface area contributed by atoms with Gasteiger partial charge in [0.15, 0.2) is 0 Å². The number of H-pyrrole nitrogens is 1. The topological polar surface area (TPSA) is 84.7 Å². The number of rotatable bonds is 1. The minimum absolute atomic E-state index is 0.360. The third-order valence-corrected chi connectivity index (χ3v) is 1.89. The maximum atomic E-state index is 10.8. The summed E-state index contributed by atoms with van der Waals surface area (Å²) in [6, 6.07) is 1.66. The van der Waals surface area contributed by atoms with Crippen LogP contribution in [0.3, 0.4) is 0 Å². The molecule has 0 aromatic carbocycles. The van der Waals surface area contributed by atoms with E-state index in [2.05, 4.69) is 15.0 Å². The van der Waals surface area contributed by atoms with Gasteiger partial charge in [-0.25, -0.2) is 9.97 Å². The van der Waals surface area contributed by atoms with Crippen LogP contribution in [0, 0.1) is 6.92 Å². The smallest absolute Gasteiger partial charge is 0.265 e. The number of carbonyl (C=O) groups excluding carboxylic acids is 1. The molecular formula is C8H8N4O. The number of nitrogens with one attached hydrogen (secondary N) is 1. The van der Waals surface area contributed by atoms with Crippen molar-refractivity contribution in [3.63, 3.8) is 0 Å². The van der Waals surface area contributed by atoms with Crippen LogP contribution in [0.4, 0.5) is 0 Å². The van der Waals surface area contributed by atoms with E-state index in [1.165, 1.54) is 6.33 Å². The number of hydrogen-bond acceptors (Lipinski definition) is 3. The van der Waals surface area contributed by atoms with E-state index < -0.39 is 5.91 Å². The molecule has 0 aliphatic rings. The molecule has 3 N–H and O–H groups in total. The lowest BCUT2D eigenvalue weighted by Crippen LogP contribution is -2.10. The number of hydrogen-bond donors (Lipinski definition) is 2. The van der Waals surface area contributed by atoms with E-state index in [9.17, 15) is 4.79 Å². The fourth-order valence-corrected chi connectivity index (χ4v) is 1.20. The summed E-state index contributed by atoms with van der Waals surface area (Å²) >= 11 is 0. The zero-order valence-corrected chi connectivity index (χ0v) is 7.03. The molecule has 0 unspecified atom stereocenters. The molecule has 2 aromatic heterocycles. The van der Waals surface area contributed by atoms with Gasteiger partial charge in [-0.3, -0.25) is 4.79 Å². The average Bonchev–Trinajstić information content (AvgIpc) is 2.49. The van der Waals surface area contributed by atoms with E-state index in [0.29, 0.717) is 11.3 Å². The van der Waals surface area contributed by atoms with Crippen molar-refractivity contribution in [1.82, 2.24) is 15.0 Å². The molecule has 2 aromatic rings. The van der Waals surface area contributed by atoms with E-state index in [-0.39, 0.29) is 0 Å². The Kier molecular flexibility index (Phi) is 1.51. The summed E-state index contributed by atoms with van der Waals surface area (Å²) in [5, 5.41) is 0.830. The standard InChI is InChI=1S/C8H8N4O/c1-4-5-2-6(7(9)13)12-8(5)11-3-10-4/h2-3H,1H3,(H2,9,13)(H,10,11,12). The highest BCUT2D eigenvalue weighted by atomic mass is 16.1. The number of fused-ring (bicyclic) bond motifs is 1. The number of carbonyl (C=O) groups is 1. The first kappa shape index (κ1) is 7.72. The molecule has 2 rings (SSSR count). The Bertz CT molecular complexity index is 474. The van der Waals surface area contributed by atoms with Gasteiger partial charge in [-0.05, 0) is 13.0 Å². The Hall–Kier alpha value is -1.91. The van der Waals surface area contributed by atoms with E-state index >= 15 is 0 Å². The Morgan fingerprint density at radius 1 is 1.54 bits per heavy atom. The summed E-state index contributed by atoms with van der Waals surface area (Å²) in [4.78, 5) is 21.6. The molecule has 5 heteroatoms. The van der Waals surface area contributed by atoms with Gasteiger partial charge in [0, 0.05) is 5.39 Å². The fraction of sp³-hybridized carbons (Fsp3) is 0.125. The zero-order chi connectivity index (χ0) is 9.42. The second kappa shape index (κ2) is 2.55. The van der Waals surface area contributed by atoms with E-state index in [1.54, 1.807) is 6.07 Å². The van der Waals surface area contributed by atoms with Gasteiger partial charge in [-0.2, -0.15) is 0 Å². The largest absolute Gasteiger partial charge is 0.364 e. The maximum absolute atomic E-state index is 10.8. The number of aromatic amines is 1. The van der Waals surface area contributed by atoms with Gasteiger partial charge >= 0.3 is 0 Å². The molecule has 0 radical (unpaired) electrons. The van der Waals surface area contributed by atoms with Crippen LogP contribution in [0.15, 0.2) is 12.4 Å². The monoisotopic (exact) mass is 176 g/mol. The van der Waals surface area contributed by atoms with Crippen molar-refractivity contribution in [2.24, 2.45) is 5.73 Å². The molecule has 0 aliphatic heterocycles. The molecular weight excluding hydrogens is 168 g/mol. The van der Waals surface area contributed by atoms with Crippen molar-refractivity contribution in [2.75, 3.05) is 0 Å². The second-order valence-electron chi connectivity index (χ2n) is 2.77. The van der Waals surface area contributed by atoms with Crippen LogP contribution in [0.1, 0.15) is 16.2 Å². The number of nitrogens with zero attached hydrogens (tertiary/aromatic N) is 2. The molecule has 0 spiro atoms. The van der Waals surface area contributed by atoms with E-state index in [1.807, 2.05) is 6.92 Å². The Balaban J connectivity index is 2.75. The molecule has 2 heterocycles. The third kappa shape index (κ3) is 1.14. The Labute approximate surface area is 74.0 Å². The minimum atomic E-state index is -0.489. The van der Waals surface area contributed by atoms with Gasteiger partial charge in [0.1, 0.15) is 17.7 Å². The molecule has 0 bridgehead atoms. The fourth-order valence-electron chi connectivity index (χ4n) is 1.20. The summed E-state index contributed by atoms with van der Waals surface area (Å²) in [6.45, 7) is 1.85. The highest BCUT2D eigenvalue weighted by Crippen LogP contribution is 2.14. The van der Waals surface area contributed by atoms with Crippen LogP contribution in [0.2, 0.25) is 0 Å². The molecule has 0 atom stereocenters. The van der Waals surface area contributed by atoms with Gasteiger partial charge in [0.2, 0.25) is 0 Å². The lowest BCUT2D eigenvalue weighted by molar-refractivity contribution is 0.0996. The molecule has 1 amide bonds. The van der Waals surface area contributed by atoms with Crippen molar-refractivity contribution < 1.29 is 4.79 Å². The first-order valence-corrected chi connectivity index (χ1v) is 3.78. The average molecular weight is 176 g/mol. The highest BCUT2D eigenvalue weighted by molar-refractivity contribution is 5.96. The van der Waals surface area contributed by atoms with Gasteiger partial charge < -0.3 is 10.7 Å². The highest BCUT2D eigenvalue weighted by Gasteiger charge is 2.07. The third-order valence-electron chi connectivity index (χ3n) is 1.89. The number of aryl methyl sites for hydroxylation is 1. The van der Waals surface area contributed by atoms with Crippen molar-refractivity contribution in [3.8, 4) is 0 Å². The number of primary amides is 1. The summed E-state index contributed by atoms with van der Waals surface area (Å²) in [5.41, 5.74) is 6.94. The first-order chi connectivity index (χ1) is 6.18. The van der Waals surface area contributed by atoms with Crippen molar-refractivity contribution in [2.45, 2.75) is 6.92 Å². The molecule has 0 saturated heterocycles. The predicted octanol–water partition coefficient (Wildman–Crippen LogP) is 0.365. The summed E-state index contributed by atoms with van der Waals surface area (Å²) in [5.74, 6) is -0.489. The van der Waals surface area contributed by atoms with Crippen molar-refractivity contribution in [3.05, 3.63) is 23.8 Å². The number of aromatic nitrogens is 3. The Morgan fingerprint density at radius 3 is 2.92 bits per heavy atom. The molecule has 0 aliphatic carbocycles. The second-order valence-corrected chi connectivity index (χ2v) is 2.77. The zero-order valence-electron chi connectivity index (χ0n) is 7.03. The van der Waals surface area contributed by atoms with Gasteiger partial charge in [0.05, 0.1) is 5.69 Å². The number of nitrogens with two attached hydrogens (primary N) is 1. The molecule has 0 saturated carbocycles. The van der Waals surface area contributed by atoms with Crippen molar-refractivity contribution in [1.29, 1.82) is 0 Å².